The Balaban J connectivity index is 1.84. The van der Waals surface area contributed by atoms with E-state index in [1.807, 2.05) is 14.0 Å². The Kier molecular flexibility index (Phi) is 3.91. The van der Waals surface area contributed by atoms with Crippen LogP contribution < -0.4 is 14.4 Å². The summed E-state index contributed by atoms with van der Waals surface area (Å²) in [5, 5.41) is 12.9. The number of anilines is 1. The number of hydrogen-bond donors (Lipinski definition) is 0. The highest BCUT2D eigenvalue weighted by molar-refractivity contribution is 7.17. The van der Waals surface area contributed by atoms with Gasteiger partial charge in [-0.05, 0) is 28.3 Å². The Hall–Kier alpha value is -2.54. The fourth-order valence-electron chi connectivity index (χ4n) is 3.00. The average Bonchev–Trinajstić information content (AvgIpc) is 2.97. The molecule has 7 nitrogen and oxygen atoms in total. The minimum Gasteiger partial charge on any atom is -0.486 e. The summed E-state index contributed by atoms with van der Waals surface area (Å²) in [6.07, 6.45) is 0. The van der Waals surface area contributed by atoms with Gasteiger partial charge in [-0.2, -0.15) is 18.4 Å². The summed E-state index contributed by atoms with van der Waals surface area (Å²) in [5.41, 5.74) is 2.68. The van der Waals surface area contributed by atoms with Gasteiger partial charge in [-0.15, -0.1) is 10.2 Å². The lowest BCUT2D eigenvalue weighted by molar-refractivity contribution is -0.0891. The van der Waals surface area contributed by atoms with Crippen LogP contribution in [0.25, 0.3) is 17.0 Å². The maximum absolute atomic E-state index is 13.1. The molecule has 1 aliphatic heterocycles. The molecule has 1 aromatic carbocycles. The Labute approximate surface area is 150 Å². The van der Waals surface area contributed by atoms with Crippen LogP contribution in [0.15, 0.2) is 24.3 Å². The first-order valence-electron chi connectivity index (χ1n) is 7.89. The Bertz CT molecular complexity index is 989. The third-order valence-electron chi connectivity index (χ3n) is 4.05. The van der Waals surface area contributed by atoms with Gasteiger partial charge in [-0.1, -0.05) is 12.1 Å². The van der Waals surface area contributed by atoms with E-state index in [9.17, 15) is 8.78 Å². The van der Waals surface area contributed by atoms with Crippen LogP contribution in [-0.4, -0.2) is 45.9 Å². The number of ether oxygens (including phenoxy) is 2. The molecule has 1 aliphatic rings. The number of likely N-dealkylation sites (N-methyl/N-ethyl adjacent to an activating group) is 1. The van der Waals surface area contributed by atoms with E-state index in [-0.39, 0.29) is 5.75 Å². The topological polar surface area (TPSA) is 64.8 Å². The second kappa shape index (κ2) is 6.02. The van der Waals surface area contributed by atoms with Gasteiger partial charge in [0.2, 0.25) is 5.65 Å². The molecule has 0 aliphatic carbocycles. The number of benzene rings is 1. The lowest BCUT2D eigenvalue weighted by atomic mass is 10.2. The summed E-state index contributed by atoms with van der Waals surface area (Å²) in [6.45, 7) is 3.17. The van der Waals surface area contributed by atoms with Gasteiger partial charge in [0, 0.05) is 12.6 Å². The van der Waals surface area contributed by atoms with Gasteiger partial charge < -0.3 is 14.4 Å². The minimum atomic E-state index is -3.35. The zero-order valence-corrected chi connectivity index (χ0v) is 15.3. The van der Waals surface area contributed by atoms with Crippen molar-refractivity contribution >= 4 is 20.6 Å². The van der Waals surface area contributed by atoms with E-state index in [4.69, 9.17) is 4.74 Å². The molecule has 4 rings (SSSR count). The minimum absolute atomic E-state index is 0.0184. The number of alkyl halides is 2. The largest absolute Gasteiger partial charge is 0.486 e. The first kappa shape index (κ1) is 16.9. The molecule has 10 heteroatoms. The van der Waals surface area contributed by atoms with E-state index in [0.29, 0.717) is 29.4 Å². The SMILES string of the molecule is Cc1nn2c(-c3cccc(OC(F)(F)P)c3)nnc2c2c1N(C)CCO2. The standard InChI is InChI=1S/C16H16F2N5O2P/c1-9-12-13(24-7-6-22(12)2)15-20-19-14(23(15)21-9)10-4-3-5-11(8-10)25-16(17,18)26/h3-5,8H,6-7,26H2,1-2H3. The predicted molar refractivity (Wildman–Crippen MR) is 95.0 cm³/mol. The molecule has 0 saturated carbocycles. The number of rotatable bonds is 3. The van der Waals surface area contributed by atoms with Crippen LogP contribution >= 0.6 is 9.24 Å². The lowest BCUT2D eigenvalue weighted by Gasteiger charge is -2.28. The molecule has 0 fully saturated rings. The number of halogens is 2. The Morgan fingerprint density at radius 2 is 2.12 bits per heavy atom. The molecular weight excluding hydrogens is 363 g/mol. The number of fused-ring (bicyclic) bond motifs is 3. The fraction of sp³-hybridized carbons (Fsp3) is 0.312. The highest BCUT2D eigenvalue weighted by Gasteiger charge is 2.26. The van der Waals surface area contributed by atoms with E-state index in [1.165, 1.54) is 21.4 Å². The molecule has 0 N–H and O–H groups in total. The number of aromatic nitrogens is 4. The molecule has 0 saturated heterocycles. The zero-order valence-electron chi connectivity index (χ0n) is 14.1. The summed E-state index contributed by atoms with van der Waals surface area (Å²) in [7, 11) is 3.31. The van der Waals surface area contributed by atoms with Gasteiger partial charge in [-0.25, -0.2) is 0 Å². The van der Waals surface area contributed by atoms with Gasteiger partial charge in [0.15, 0.2) is 11.6 Å². The zero-order chi connectivity index (χ0) is 18.5. The Morgan fingerprint density at radius 1 is 1.31 bits per heavy atom. The molecule has 26 heavy (non-hydrogen) atoms. The predicted octanol–water partition coefficient (Wildman–Crippen LogP) is 2.73. The molecule has 3 heterocycles. The summed E-state index contributed by atoms with van der Waals surface area (Å²) < 4.78 is 38.1. The van der Waals surface area contributed by atoms with E-state index < -0.39 is 5.85 Å². The molecule has 136 valence electrons. The van der Waals surface area contributed by atoms with Gasteiger partial charge in [0.1, 0.15) is 18.0 Å². The van der Waals surface area contributed by atoms with Crippen molar-refractivity contribution in [2.75, 3.05) is 25.1 Å². The second-order valence-electron chi connectivity index (χ2n) is 5.98. The molecule has 0 spiro atoms. The molecule has 2 aromatic heterocycles. The first-order valence-corrected chi connectivity index (χ1v) is 8.47. The molecule has 3 aromatic rings. The van der Waals surface area contributed by atoms with Crippen LogP contribution in [0.4, 0.5) is 14.5 Å². The van der Waals surface area contributed by atoms with Crippen LogP contribution in [0.3, 0.4) is 0 Å². The molecule has 0 radical (unpaired) electrons. The summed E-state index contributed by atoms with van der Waals surface area (Å²) >= 11 is 0. The fourth-order valence-corrected chi connectivity index (χ4v) is 3.13. The lowest BCUT2D eigenvalue weighted by Crippen LogP contribution is -2.30. The van der Waals surface area contributed by atoms with Gasteiger partial charge in [-0.3, -0.25) is 0 Å². The highest BCUT2D eigenvalue weighted by Crippen LogP contribution is 2.37. The third kappa shape index (κ3) is 2.92. The van der Waals surface area contributed by atoms with E-state index in [1.54, 1.807) is 16.6 Å². The number of nitrogens with zero attached hydrogens (tertiary/aromatic N) is 5. The van der Waals surface area contributed by atoms with Crippen molar-refractivity contribution in [2.24, 2.45) is 0 Å². The maximum atomic E-state index is 13.1. The molecule has 1 unspecified atom stereocenters. The number of hydrogen-bond acceptors (Lipinski definition) is 6. The average molecular weight is 379 g/mol. The molecule has 1 atom stereocenters. The van der Waals surface area contributed by atoms with Crippen LogP contribution in [0.5, 0.6) is 11.5 Å². The summed E-state index contributed by atoms with van der Waals surface area (Å²) in [6, 6.07) is 6.26. The first-order chi connectivity index (χ1) is 12.3. The van der Waals surface area contributed by atoms with Crippen LogP contribution in [0.2, 0.25) is 0 Å². The highest BCUT2D eigenvalue weighted by atomic mass is 31.0. The van der Waals surface area contributed by atoms with Crippen molar-refractivity contribution < 1.29 is 18.3 Å². The molecule has 0 amide bonds. The maximum Gasteiger partial charge on any atom is 0.408 e. The number of aryl methyl sites for hydroxylation is 1. The van der Waals surface area contributed by atoms with E-state index in [0.717, 1.165) is 17.9 Å². The smallest absolute Gasteiger partial charge is 0.408 e. The summed E-state index contributed by atoms with van der Waals surface area (Å²) in [4.78, 5) is 2.06. The third-order valence-corrected chi connectivity index (χ3v) is 4.17. The van der Waals surface area contributed by atoms with Crippen molar-refractivity contribution in [1.82, 2.24) is 19.8 Å². The van der Waals surface area contributed by atoms with Gasteiger partial charge >= 0.3 is 5.85 Å². The van der Waals surface area contributed by atoms with Crippen molar-refractivity contribution in [2.45, 2.75) is 12.8 Å². The molecular formula is C16H16F2N5O2P. The quantitative estimate of drug-likeness (QED) is 0.652. The van der Waals surface area contributed by atoms with Crippen molar-refractivity contribution in [3.05, 3.63) is 30.0 Å². The monoisotopic (exact) mass is 379 g/mol. The van der Waals surface area contributed by atoms with Crippen LogP contribution in [0, 0.1) is 6.92 Å². The molecule has 0 bridgehead atoms. The Morgan fingerprint density at radius 3 is 2.88 bits per heavy atom. The van der Waals surface area contributed by atoms with Crippen molar-refractivity contribution in [3.8, 4) is 22.9 Å². The van der Waals surface area contributed by atoms with Crippen molar-refractivity contribution in [1.29, 1.82) is 0 Å². The van der Waals surface area contributed by atoms with E-state index in [2.05, 4.69) is 24.9 Å². The van der Waals surface area contributed by atoms with Crippen LogP contribution in [-0.2, 0) is 0 Å². The normalized spacial score (nSPS) is 14.3. The van der Waals surface area contributed by atoms with Crippen LogP contribution in [0.1, 0.15) is 5.69 Å². The summed E-state index contributed by atoms with van der Waals surface area (Å²) in [5.74, 6) is -2.29. The van der Waals surface area contributed by atoms with E-state index >= 15 is 0 Å². The van der Waals surface area contributed by atoms with Gasteiger partial charge in [0.25, 0.3) is 0 Å². The second-order valence-corrected chi connectivity index (χ2v) is 6.66. The van der Waals surface area contributed by atoms with Crippen molar-refractivity contribution in [3.63, 3.8) is 0 Å². The van der Waals surface area contributed by atoms with Gasteiger partial charge in [0.05, 0.1) is 12.2 Å².